The van der Waals surface area contributed by atoms with E-state index in [9.17, 15) is 9.59 Å². The summed E-state index contributed by atoms with van der Waals surface area (Å²) < 4.78 is 2.86. The Morgan fingerprint density at radius 1 is 1.12 bits per heavy atom. The van der Waals surface area contributed by atoms with Crippen molar-refractivity contribution in [3.8, 4) is 0 Å². The number of carbonyl (C=O) groups excluding carboxylic acids is 2. The second-order valence-electron chi connectivity index (χ2n) is 6.78. The molecule has 0 aliphatic rings. The maximum atomic E-state index is 12.4. The number of hydrogen-bond acceptors (Lipinski definition) is 7. The summed E-state index contributed by atoms with van der Waals surface area (Å²) in [5.74, 6) is 0.256. The minimum atomic E-state index is -0.302. The van der Waals surface area contributed by atoms with E-state index in [0.717, 1.165) is 10.2 Å². The lowest BCUT2D eigenvalue weighted by Crippen LogP contribution is -2.24. The second kappa shape index (κ2) is 10.5. The van der Waals surface area contributed by atoms with E-state index in [1.54, 1.807) is 12.1 Å². The van der Waals surface area contributed by atoms with Gasteiger partial charge >= 0.3 is 0 Å². The van der Waals surface area contributed by atoms with Crippen LogP contribution < -0.4 is 10.6 Å². The number of fused-ring (bicyclic) bond motifs is 1. The molecule has 0 fully saturated rings. The summed E-state index contributed by atoms with van der Waals surface area (Å²) in [6.07, 6.45) is 0. The average molecular weight is 521 g/mol. The predicted octanol–water partition coefficient (Wildman–Crippen LogP) is 4.88. The topological polar surface area (TPSA) is 102 Å². The van der Waals surface area contributed by atoms with Gasteiger partial charge in [-0.25, -0.2) is 4.98 Å². The number of aromatic nitrogens is 4. The maximum absolute atomic E-state index is 12.4. The first-order valence-electron chi connectivity index (χ1n) is 9.88. The number of thiazole rings is 1. The highest BCUT2D eigenvalue weighted by molar-refractivity contribution is 7.99. The van der Waals surface area contributed by atoms with Crippen molar-refractivity contribution in [2.45, 2.75) is 25.2 Å². The van der Waals surface area contributed by atoms with Gasteiger partial charge in [0.15, 0.2) is 16.1 Å². The molecular formula is C21H18Cl2N6O2S2. The molecule has 2 aromatic carbocycles. The van der Waals surface area contributed by atoms with Crippen LogP contribution in [0.3, 0.4) is 0 Å². The average Bonchev–Trinajstić information content (AvgIpc) is 3.40. The van der Waals surface area contributed by atoms with Crippen LogP contribution in [0.2, 0.25) is 10.0 Å². The van der Waals surface area contributed by atoms with Crippen LogP contribution in [0.4, 0.5) is 5.13 Å². The number of rotatable bonds is 8. The molecule has 2 N–H and O–H groups in total. The van der Waals surface area contributed by atoms with Crippen molar-refractivity contribution in [2.24, 2.45) is 0 Å². The summed E-state index contributed by atoms with van der Waals surface area (Å²) in [6, 6.07) is 12.4. The van der Waals surface area contributed by atoms with E-state index in [1.165, 1.54) is 29.2 Å². The number of hydrogen-bond donors (Lipinski definition) is 2. The molecule has 0 atom stereocenters. The SMILES string of the molecule is CCn1c(CNC(=O)c2ccc(Cl)c(Cl)c2)nnc1SCC(=O)Nc1nc2ccccc2s1. The molecule has 0 aliphatic heterocycles. The molecular weight excluding hydrogens is 503 g/mol. The van der Waals surface area contributed by atoms with Crippen LogP contribution in [0.15, 0.2) is 47.6 Å². The van der Waals surface area contributed by atoms with Gasteiger partial charge < -0.3 is 15.2 Å². The molecule has 2 aromatic heterocycles. The van der Waals surface area contributed by atoms with Crippen LogP contribution >= 0.6 is 46.3 Å². The predicted molar refractivity (Wildman–Crippen MR) is 132 cm³/mol. The molecule has 0 saturated heterocycles. The Morgan fingerprint density at radius 2 is 1.94 bits per heavy atom. The molecule has 2 heterocycles. The van der Waals surface area contributed by atoms with E-state index in [2.05, 4.69) is 25.8 Å². The van der Waals surface area contributed by atoms with Gasteiger partial charge in [-0.3, -0.25) is 9.59 Å². The number of benzene rings is 2. The highest BCUT2D eigenvalue weighted by atomic mass is 35.5. The minimum Gasteiger partial charge on any atom is -0.345 e. The molecule has 2 amide bonds. The van der Waals surface area contributed by atoms with Gasteiger partial charge in [0.05, 0.1) is 32.6 Å². The van der Waals surface area contributed by atoms with Crippen LogP contribution in [-0.4, -0.2) is 37.3 Å². The Hall–Kier alpha value is -2.66. The van der Waals surface area contributed by atoms with Gasteiger partial charge in [-0.2, -0.15) is 0 Å². The first-order chi connectivity index (χ1) is 15.9. The monoisotopic (exact) mass is 520 g/mol. The normalized spacial score (nSPS) is 11.0. The van der Waals surface area contributed by atoms with Gasteiger partial charge in [-0.15, -0.1) is 10.2 Å². The van der Waals surface area contributed by atoms with E-state index in [4.69, 9.17) is 23.2 Å². The number of carbonyl (C=O) groups is 2. The highest BCUT2D eigenvalue weighted by Crippen LogP contribution is 2.26. The quantitative estimate of drug-likeness (QED) is 0.321. The summed E-state index contributed by atoms with van der Waals surface area (Å²) in [7, 11) is 0. The molecule has 12 heteroatoms. The largest absolute Gasteiger partial charge is 0.345 e. The van der Waals surface area contributed by atoms with E-state index in [1.807, 2.05) is 35.8 Å². The zero-order valence-electron chi connectivity index (χ0n) is 17.3. The Kier molecular flexibility index (Phi) is 7.49. The number of halogens is 2. The first-order valence-corrected chi connectivity index (χ1v) is 12.4. The number of amides is 2. The van der Waals surface area contributed by atoms with E-state index < -0.39 is 0 Å². The Morgan fingerprint density at radius 3 is 2.70 bits per heavy atom. The fourth-order valence-corrected chi connectivity index (χ4v) is 4.99. The first kappa shape index (κ1) is 23.5. The van der Waals surface area contributed by atoms with Crippen molar-refractivity contribution < 1.29 is 9.59 Å². The standard InChI is InChI=1S/C21H18Cl2N6O2S2/c1-2-29-17(10-24-19(31)12-7-8-13(22)14(23)9-12)27-28-21(29)32-11-18(30)26-20-25-15-5-3-4-6-16(15)33-20/h3-9H,2,10-11H2,1H3,(H,24,31)(H,25,26,30). The lowest BCUT2D eigenvalue weighted by molar-refractivity contribution is -0.113. The Labute approximate surface area is 207 Å². The summed E-state index contributed by atoms with van der Waals surface area (Å²) >= 11 is 14.6. The molecule has 0 unspecified atom stereocenters. The maximum Gasteiger partial charge on any atom is 0.251 e. The second-order valence-corrected chi connectivity index (χ2v) is 9.57. The molecule has 8 nitrogen and oxygen atoms in total. The summed E-state index contributed by atoms with van der Waals surface area (Å²) in [5, 5.41) is 15.8. The summed E-state index contributed by atoms with van der Waals surface area (Å²) in [5.41, 5.74) is 1.25. The molecule has 0 bridgehead atoms. The zero-order valence-corrected chi connectivity index (χ0v) is 20.5. The number of anilines is 1. The van der Waals surface area contributed by atoms with Gasteiger partial charge in [-0.1, -0.05) is 58.4 Å². The molecule has 0 aliphatic carbocycles. The summed E-state index contributed by atoms with van der Waals surface area (Å²) in [4.78, 5) is 29.2. The van der Waals surface area contributed by atoms with Gasteiger partial charge in [-0.05, 0) is 37.3 Å². The lowest BCUT2D eigenvalue weighted by atomic mass is 10.2. The van der Waals surface area contributed by atoms with Crippen LogP contribution in [0.25, 0.3) is 10.2 Å². The Balaban J connectivity index is 1.34. The molecule has 4 rings (SSSR count). The Bertz CT molecular complexity index is 1290. The molecule has 33 heavy (non-hydrogen) atoms. The van der Waals surface area contributed by atoms with Crippen LogP contribution in [0, 0.1) is 0 Å². The number of thioether (sulfide) groups is 1. The fourth-order valence-electron chi connectivity index (χ4n) is 2.98. The molecule has 170 valence electrons. The molecule has 0 saturated carbocycles. The zero-order chi connectivity index (χ0) is 23.4. The van der Waals surface area contributed by atoms with Crippen molar-refractivity contribution >= 4 is 73.5 Å². The minimum absolute atomic E-state index is 0.156. The van der Waals surface area contributed by atoms with Gasteiger partial charge in [0.2, 0.25) is 5.91 Å². The van der Waals surface area contributed by atoms with E-state index in [-0.39, 0.29) is 24.1 Å². The third-order valence-electron chi connectivity index (χ3n) is 4.57. The van der Waals surface area contributed by atoms with Crippen LogP contribution in [0.1, 0.15) is 23.1 Å². The van der Waals surface area contributed by atoms with Gasteiger partial charge in [0, 0.05) is 12.1 Å². The van der Waals surface area contributed by atoms with Crippen LogP contribution in [0.5, 0.6) is 0 Å². The van der Waals surface area contributed by atoms with Crippen molar-refractivity contribution in [1.82, 2.24) is 25.1 Å². The van der Waals surface area contributed by atoms with E-state index >= 15 is 0 Å². The van der Waals surface area contributed by atoms with Crippen molar-refractivity contribution in [1.29, 1.82) is 0 Å². The van der Waals surface area contributed by atoms with Crippen molar-refractivity contribution in [2.75, 3.05) is 11.1 Å². The molecule has 0 spiro atoms. The number of nitrogens with one attached hydrogen (secondary N) is 2. The van der Waals surface area contributed by atoms with Gasteiger partial charge in [0.1, 0.15) is 0 Å². The third-order valence-corrected chi connectivity index (χ3v) is 7.23. The van der Waals surface area contributed by atoms with Crippen molar-refractivity contribution in [3.05, 3.63) is 63.9 Å². The lowest BCUT2D eigenvalue weighted by Gasteiger charge is -2.09. The van der Waals surface area contributed by atoms with Crippen molar-refractivity contribution in [3.63, 3.8) is 0 Å². The number of nitrogens with zero attached hydrogens (tertiary/aromatic N) is 4. The molecule has 4 aromatic rings. The highest BCUT2D eigenvalue weighted by Gasteiger charge is 2.16. The van der Waals surface area contributed by atoms with Gasteiger partial charge in [0.25, 0.3) is 5.91 Å². The van der Waals surface area contributed by atoms with Crippen LogP contribution in [-0.2, 0) is 17.9 Å². The smallest absolute Gasteiger partial charge is 0.251 e. The third kappa shape index (κ3) is 5.64. The molecule has 0 radical (unpaired) electrons. The summed E-state index contributed by atoms with van der Waals surface area (Å²) in [6.45, 7) is 2.71. The van der Waals surface area contributed by atoms with E-state index in [0.29, 0.717) is 38.3 Å². The number of para-hydroxylation sites is 1. The fraction of sp³-hybridized carbons (Fsp3) is 0.190.